The Morgan fingerprint density at radius 3 is 2.75 bits per heavy atom. The minimum absolute atomic E-state index is 0.0399. The zero-order valence-electron chi connectivity index (χ0n) is 6.32. The van der Waals surface area contributed by atoms with Gasteiger partial charge in [-0.2, -0.15) is 0 Å². The van der Waals surface area contributed by atoms with Crippen molar-refractivity contribution in [3.05, 3.63) is 18.5 Å². The lowest BCUT2D eigenvalue weighted by Gasteiger charge is -2.00. The minimum Gasteiger partial charge on any atom is -0.293 e. The van der Waals surface area contributed by atoms with Crippen LogP contribution in [0.25, 0.3) is 0 Å². The Kier molecular flexibility index (Phi) is 3.12. The van der Waals surface area contributed by atoms with Crippen molar-refractivity contribution in [2.75, 3.05) is 11.9 Å². The molecule has 12 heavy (non-hydrogen) atoms. The summed E-state index contributed by atoms with van der Waals surface area (Å²) < 4.78 is 0. The fraction of sp³-hybridized carbons (Fsp3) is 0.167. The maximum atomic E-state index is 10.9. The smallest absolute Gasteiger partial charge is 0.242 e. The fourth-order valence-electron chi connectivity index (χ4n) is 0.625. The van der Waals surface area contributed by atoms with Gasteiger partial charge in [-0.05, 0) is 6.07 Å². The van der Waals surface area contributed by atoms with Crippen LogP contribution in [-0.2, 0) is 4.79 Å². The summed E-state index contributed by atoms with van der Waals surface area (Å²) in [4.78, 5) is 18.5. The molecule has 6 nitrogen and oxygen atoms in total. The van der Waals surface area contributed by atoms with Crippen molar-refractivity contribution in [3.8, 4) is 0 Å². The molecule has 0 atom stereocenters. The number of carbonyl (C=O) groups excluding carboxylic acids is 1. The van der Waals surface area contributed by atoms with E-state index in [0.29, 0.717) is 0 Å². The molecule has 0 aliphatic rings. The molecule has 4 N–H and O–H groups in total. The quantitative estimate of drug-likeness (QED) is 0.391. The first-order chi connectivity index (χ1) is 5.83. The number of anilines is 1. The molecular weight excluding hydrogens is 158 g/mol. The van der Waals surface area contributed by atoms with Crippen LogP contribution in [0.1, 0.15) is 0 Å². The number of carbonyl (C=O) groups is 1. The molecule has 6 heteroatoms. The van der Waals surface area contributed by atoms with Crippen LogP contribution in [0, 0.1) is 0 Å². The number of amides is 1. The zero-order valence-corrected chi connectivity index (χ0v) is 6.32. The van der Waals surface area contributed by atoms with Gasteiger partial charge in [-0.3, -0.25) is 21.4 Å². The van der Waals surface area contributed by atoms with Crippen LogP contribution in [0.4, 0.5) is 5.95 Å². The predicted molar refractivity (Wildman–Crippen MR) is 42.9 cm³/mol. The Labute approximate surface area is 69.2 Å². The first-order valence-electron chi connectivity index (χ1n) is 3.33. The van der Waals surface area contributed by atoms with Crippen molar-refractivity contribution in [3.63, 3.8) is 0 Å². The summed E-state index contributed by atoms with van der Waals surface area (Å²) in [6, 6.07) is 1.66. The summed E-state index contributed by atoms with van der Waals surface area (Å²) in [5.41, 5.74) is 2.22. The molecule has 0 aliphatic carbocycles. The van der Waals surface area contributed by atoms with Crippen molar-refractivity contribution >= 4 is 11.9 Å². The lowest BCUT2D eigenvalue weighted by atomic mass is 10.6. The number of rotatable bonds is 3. The van der Waals surface area contributed by atoms with Gasteiger partial charge in [0, 0.05) is 12.4 Å². The summed E-state index contributed by atoms with van der Waals surface area (Å²) >= 11 is 0. The number of hydrogen-bond donors (Lipinski definition) is 3. The Hall–Kier alpha value is -1.53. The summed E-state index contributed by atoms with van der Waals surface area (Å²) in [5.74, 6) is 4.93. The van der Waals surface area contributed by atoms with Crippen LogP contribution in [0.2, 0.25) is 0 Å². The largest absolute Gasteiger partial charge is 0.293 e. The van der Waals surface area contributed by atoms with Gasteiger partial charge < -0.3 is 0 Å². The van der Waals surface area contributed by atoms with E-state index in [4.69, 9.17) is 5.84 Å². The molecule has 0 unspecified atom stereocenters. The third-order valence-corrected chi connectivity index (χ3v) is 1.08. The van der Waals surface area contributed by atoms with Crippen LogP contribution >= 0.6 is 0 Å². The average Bonchev–Trinajstić information content (AvgIpc) is 2.06. The van der Waals surface area contributed by atoms with Crippen molar-refractivity contribution < 1.29 is 4.79 Å². The van der Waals surface area contributed by atoms with Gasteiger partial charge in [0.2, 0.25) is 11.9 Å². The maximum absolute atomic E-state index is 10.9. The van der Waals surface area contributed by atoms with E-state index in [2.05, 4.69) is 20.7 Å². The Balaban J connectivity index is 2.47. The fourth-order valence-corrected chi connectivity index (χ4v) is 0.625. The van der Waals surface area contributed by atoms with E-state index in [1.807, 2.05) is 0 Å². The molecule has 1 rings (SSSR count). The topological polar surface area (TPSA) is 92.9 Å². The number of hydrogen-bond acceptors (Lipinski definition) is 5. The zero-order chi connectivity index (χ0) is 8.81. The predicted octanol–water partition coefficient (Wildman–Crippen LogP) is -1.12. The van der Waals surface area contributed by atoms with Gasteiger partial charge >= 0.3 is 0 Å². The van der Waals surface area contributed by atoms with Crippen LogP contribution in [-0.4, -0.2) is 22.4 Å². The Bertz CT molecular complexity index is 249. The van der Waals surface area contributed by atoms with Gasteiger partial charge in [-0.1, -0.05) is 0 Å². The molecule has 1 amide bonds. The molecule has 0 spiro atoms. The number of nitrogens with one attached hydrogen (secondary N) is 2. The molecule has 1 heterocycles. The maximum Gasteiger partial charge on any atom is 0.242 e. The number of nitrogens with two attached hydrogens (primary N) is 1. The van der Waals surface area contributed by atoms with E-state index in [9.17, 15) is 4.79 Å². The molecule has 1 aromatic heterocycles. The third-order valence-electron chi connectivity index (χ3n) is 1.08. The highest BCUT2D eigenvalue weighted by Crippen LogP contribution is 1.92. The van der Waals surface area contributed by atoms with Gasteiger partial charge in [0.15, 0.2) is 0 Å². The van der Waals surface area contributed by atoms with Crippen LogP contribution in [0.15, 0.2) is 18.5 Å². The third kappa shape index (κ3) is 2.60. The molecule has 0 saturated carbocycles. The summed E-state index contributed by atoms with van der Waals surface area (Å²) in [5, 5.41) is 2.44. The molecule has 0 fully saturated rings. The Morgan fingerprint density at radius 1 is 1.50 bits per heavy atom. The SMILES string of the molecule is NNCC(=O)Nc1ncccn1. The van der Waals surface area contributed by atoms with E-state index in [1.165, 1.54) is 0 Å². The van der Waals surface area contributed by atoms with E-state index in [-0.39, 0.29) is 18.4 Å². The van der Waals surface area contributed by atoms with Gasteiger partial charge in [0.1, 0.15) is 0 Å². The van der Waals surface area contributed by atoms with Gasteiger partial charge in [0.25, 0.3) is 0 Å². The van der Waals surface area contributed by atoms with E-state index < -0.39 is 0 Å². The number of aromatic nitrogens is 2. The minimum atomic E-state index is -0.274. The first kappa shape index (κ1) is 8.57. The summed E-state index contributed by atoms with van der Waals surface area (Å²) in [7, 11) is 0. The number of nitrogens with zero attached hydrogens (tertiary/aromatic N) is 2. The van der Waals surface area contributed by atoms with Crippen molar-refractivity contribution in [2.45, 2.75) is 0 Å². The second-order valence-electron chi connectivity index (χ2n) is 2.00. The van der Waals surface area contributed by atoms with Gasteiger partial charge in [-0.25, -0.2) is 9.97 Å². The molecule has 0 saturated heterocycles. The van der Waals surface area contributed by atoms with E-state index >= 15 is 0 Å². The average molecular weight is 167 g/mol. The first-order valence-corrected chi connectivity index (χ1v) is 3.33. The van der Waals surface area contributed by atoms with Crippen molar-refractivity contribution in [2.24, 2.45) is 5.84 Å². The van der Waals surface area contributed by atoms with E-state index in [0.717, 1.165) is 0 Å². The van der Waals surface area contributed by atoms with Gasteiger partial charge in [0.05, 0.1) is 6.54 Å². The summed E-state index contributed by atoms with van der Waals surface area (Å²) in [6.07, 6.45) is 3.08. The number of hydrazine groups is 1. The molecular formula is C6H9N5O. The highest BCUT2D eigenvalue weighted by molar-refractivity contribution is 5.90. The van der Waals surface area contributed by atoms with Crippen LogP contribution in [0.5, 0.6) is 0 Å². The standard InChI is InChI=1S/C6H9N5O/c7-10-4-5(12)11-6-8-2-1-3-9-6/h1-3,10H,4,7H2,(H,8,9,11,12). The monoisotopic (exact) mass is 167 g/mol. The molecule has 0 bridgehead atoms. The second kappa shape index (κ2) is 4.37. The highest BCUT2D eigenvalue weighted by Gasteiger charge is 2.00. The molecule has 0 radical (unpaired) electrons. The molecule has 1 aromatic rings. The molecule has 0 aliphatic heterocycles. The van der Waals surface area contributed by atoms with Crippen molar-refractivity contribution in [1.82, 2.24) is 15.4 Å². The van der Waals surface area contributed by atoms with Crippen molar-refractivity contribution in [1.29, 1.82) is 0 Å². The molecule has 0 aromatic carbocycles. The Morgan fingerprint density at radius 2 is 2.17 bits per heavy atom. The highest BCUT2D eigenvalue weighted by atomic mass is 16.2. The lowest BCUT2D eigenvalue weighted by molar-refractivity contribution is -0.115. The second-order valence-corrected chi connectivity index (χ2v) is 2.00. The lowest BCUT2D eigenvalue weighted by Crippen LogP contribution is -2.33. The normalized spacial score (nSPS) is 9.42. The molecule has 64 valence electrons. The van der Waals surface area contributed by atoms with E-state index in [1.54, 1.807) is 18.5 Å². The summed E-state index contributed by atoms with van der Waals surface area (Å²) in [6.45, 7) is 0.0399. The van der Waals surface area contributed by atoms with Gasteiger partial charge in [-0.15, -0.1) is 0 Å². The van der Waals surface area contributed by atoms with Crippen LogP contribution < -0.4 is 16.6 Å². The van der Waals surface area contributed by atoms with Crippen LogP contribution in [0.3, 0.4) is 0 Å².